The fourth-order valence-electron chi connectivity index (χ4n) is 1.85. The van der Waals surface area contributed by atoms with Gasteiger partial charge in [-0.3, -0.25) is 0 Å². The number of furan rings is 1. The molecule has 0 atom stereocenters. The van der Waals surface area contributed by atoms with Crippen molar-refractivity contribution in [3.63, 3.8) is 0 Å². The highest BCUT2D eigenvalue weighted by atomic mass is 19.2. The van der Waals surface area contributed by atoms with E-state index in [0.29, 0.717) is 25.3 Å². The molecule has 1 aromatic heterocycles. The van der Waals surface area contributed by atoms with Gasteiger partial charge in [0.2, 0.25) is 0 Å². The lowest BCUT2D eigenvalue weighted by atomic mass is 10.2. The molecule has 0 aliphatic carbocycles. The van der Waals surface area contributed by atoms with Crippen LogP contribution in [0.15, 0.2) is 41.0 Å². The summed E-state index contributed by atoms with van der Waals surface area (Å²) in [6.45, 7) is 1.69. The van der Waals surface area contributed by atoms with Crippen molar-refractivity contribution < 1.29 is 13.2 Å². The van der Waals surface area contributed by atoms with Gasteiger partial charge >= 0.3 is 0 Å². The second-order valence-electron chi connectivity index (χ2n) is 4.24. The molecule has 1 heterocycles. The zero-order chi connectivity index (χ0) is 13.7. The van der Waals surface area contributed by atoms with Crippen molar-refractivity contribution in [2.24, 2.45) is 5.73 Å². The zero-order valence-electron chi connectivity index (χ0n) is 10.5. The predicted octanol–water partition coefficient (Wildman–Crippen LogP) is 2.91. The van der Waals surface area contributed by atoms with Crippen LogP contribution in [0.1, 0.15) is 12.2 Å². The highest BCUT2D eigenvalue weighted by molar-refractivity contribution is 5.46. The van der Waals surface area contributed by atoms with Crippen LogP contribution in [0.5, 0.6) is 0 Å². The highest BCUT2D eigenvalue weighted by Crippen LogP contribution is 2.20. The summed E-state index contributed by atoms with van der Waals surface area (Å²) in [6.07, 6.45) is 2.35. The van der Waals surface area contributed by atoms with Crippen LogP contribution in [0, 0.1) is 11.6 Å². The number of nitrogens with two attached hydrogens (primary N) is 1. The summed E-state index contributed by atoms with van der Waals surface area (Å²) in [6, 6.07) is 7.51. The Morgan fingerprint density at radius 1 is 1.16 bits per heavy atom. The fraction of sp³-hybridized carbons (Fsp3) is 0.286. The monoisotopic (exact) mass is 266 g/mol. The molecule has 0 spiro atoms. The fourth-order valence-corrected chi connectivity index (χ4v) is 1.85. The molecule has 2 aromatic rings. The Bertz CT molecular complexity index is 514. The Kier molecular flexibility index (Phi) is 4.52. The number of hydrogen-bond acceptors (Lipinski definition) is 3. The Labute approximate surface area is 110 Å². The second kappa shape index (κ2) is 6.33. The average Bonchev–Trinajstić information content (AvgIpc) is 2.91. The van der Waals surface area contributed by atoms with E-state index in [1.807, 2.05) is 11.0 Å². The van der Waals surface area contributed by atoms with Crippen molar-refractivity contribution in [2.75, 3.05) is 18.0 Å². The second-order valence-corrected chi connectivity index (χ2v) is 4.24. The van der Waals surface area contributed by atoms with Crippen molar-refractivity contribution in [3.05, 3.63) is 54.0 Å². The maximum absolute atomic E-state index is 13.3. The number of benzene rings is 1. The number of rotatable bonds is 6. The van der Waals surface area contributed by atoms with E-state index in [9.17, 15) is 8.78 Å². The zero-order valence-corrected chi connectivity index (χ0v) is 10.5. The van der Waals surface area contributed by atoms with Crippen molar-refractivity contribution in [1.82, 2.24) is 0 Å². The summed E-state index contributed by atoms with van der Waals surface area (Å²) in [5.41, 5.74) is 6.11. The Morgan fingerprint density at radius 2 is 2.00 bits per heavy atom. The highest BCUT2D eigenvalue weighted by Gasteiger charge is 2.11. The molecule has 5 heteroatoms. The van der Waals surface area contributed by atoms with E-state index < -0.39 is 11.6 Å². The number of halogens is 2. The quantitative estimate of drug-likeness (QED) is 0.874. The third-order valence-electron chi connectivity index (χ3n) is 2.83. The van der Waals surface area contributed by atoms with Crippen LogP contribution in [0.3, 0.4) is 0 Å². The van der Waals surface area contributed by atoms with Gasteiger partial charge in [0.1, 0.15) is 5.76 Å². The molecule has 2 N–H and O–H groups in total. The van der Waals surface area contributed by atoms with Crippen LogP contribution < -0.4 is 10.6 Å². The standard InChI is InChI=1S/C14H16F2N2O/c15-13-5-4-11(9-14(13)16)18(7-2-6-17)10-12-3-1-8-19-12/h1,3-5,8-9H,2,6-7,10,17H2. The topological polar surface area (TPSA) is 42.4 Å². The van der Waals surface area contributed by atoms with E-state index in [4.69, 9.17) is 10.2 Å². The molecule has 102 valence electrons. The van der Waals surface area contributed by atoms with Gasteiger partial charge in [-0.15, -0.1) is 0 Å². The Morgan fingerprint density at radius 3 is 2.63 bits per heavy atom. The van der Waals surface area contributed by atoms with Gasteiger partial charge in [0.05, 0.1) is 12.8 Å². The van der Waals surface area contributed by atoms with Gasteiger partial charge in [-0.1, -0.05) is 0 Å². The molecule has 3 nitrogen and oxygen atoms in total. The number of nitrogens with zero attached hydrogens (tertiary/aromatic N) is 1. The van der Waals surface area contributed by atoms with Crippen LogP contribution in [0.2, 0.25) is 0 Å². The molecule has 0 aliphatic rings. The maximum Gasteiger partial charge on any atom is 0.160 e. The van der Waals surface area contributed by atoms with Crippen LogP contribution in [0.25, 0.3) is 0 Å². The van der Waals surface area contributed by atoms with E-state index in [1.165, 1.54) is 6.07 Å². The van der Waals surface area contributed by atoms with Gasteiger partial charge in [0.15, 0.2) is 11.6 Å². The number of anilines is 1. The van der Waals surface area contributed by atoms with E-state index in [0.717, 1.165) is 18.2 Å². The van der Waals surface area contributed by atoms with Crippen molar-refractivity contribution in [1.29, 1.82) is 0 Å². The summed E-state index contributed by atoms with van der Waals surface area (Å²) in [4.78, 5) is 1.91. The first kappa shape index (κ1) is 13.5. The van der Waals surface area contributed by atoms with E-state index >= 15 is 0 Å². The third kappa shape index (κ3) is 3.54. The van der Waals surface area contributed by atoms with Gasteiger partial charge in [-0.2, -0.15) is 0 Å². The van der Waals surface area contributed by atoms with Crippen LogP contribution in [-0.2, 0) is 6.54 Å². The van der Waals surface area contributed by atoms with E-state index in [2.05, 4.69) is 0 Å². The minimum absolute atomic E-state index is 0.498. The van der Waals surface area contributed by atoms with Gasteiger partial charge < -0.3 is 15.1 Å². The molecule has 0 bridgehead atoms. The Balaban J connectivity index is 2.18. The summed E-state index contributed by atoms with van der Waals surface area (Å²) in [5, 5.41) is 0. The van der Waals surface area contributed by atoms with Crippen molar-refractivity contribution in [2.45, 2.75) is 13.0 Å². The van der Waals surface area contributed by atoms with Gasteiger partial charge in [0, 0.05) is 18.3 Å². The summed E-state index contributed by atoms with van der Waals surface area (Å²) in [7, 11) is 0. The average molecular weight is 266 g/mol. The molecular formula is C14H16F2N2O. The molecule has 0 amide bonds. The van der Waals surface area contributed by atoms with E-state index in [1.54, 1.807) is 18.4 Å². The van der Waals surface area contributed by atoms with Crippen LogP contribution in [-0.4, -0.2) is 13.1 Å². The van der Waals surface area contributed by atoms with E-state index in [-0.39, 0.29) is 0 Å². The first-order valence-corrected chi connectivity index (χ1v) is 6.13. The lowest BCUT2D eigenvalue weighted by molar-refractivity contribution is 0.496. The van der Waals surface area contributed by atoms with Crippen LogP contribution >= 0.6 is 0 Å². The maximum atomic E-state index is 13.3. The molecule has 1 aromatic carbocycles. The molecule has 0 aliphatic heterocycles. The summed E-state index contributed by atoms with van der Waals surface area (Å²) in [5.74, 6) is -0.933. The van der Waals surface area contributed by atoms with Gasteiger partial charge in [-0.05, 0) is 37.2 Å². The molecule has 0 saturated heterocycles. The Hall–Kier alpha value is -1.88. The first-order chi connectivity index (χ1) is 9.20. The SMILES string of the molecule is NCCCN(Cc1ccco1)c1ccc(F)c(F)c1. The lowest BCUT2D eigenvalue weighted by Crippen LogP contribution is -2.25. The van der Waals surface area contributed by atoms with Crippen molar-refractivity contribution >= 4 is 5.69 Å². The van der Waals surface area contributed by atoms with Crippen LogP contribution in [0.4, 0.5) is 14.5 Å². The third-order valence-corrected chi connectivity index (χ3v) is 2.83. The number of hydrogen-bond donors (Lipinski definition) is 1. The first-order valence-electron chi connectivity index (χ1n) is 6.13. The van der Waals surface area contributed by atoms with Gasteiger partial charge in [-0.25, -0.2) is 8.78 Å². The summed E-state index contributed by atoms with van der Waals surface area (Å²) < 4.78 is 31.5. The predicted molar refractivity (Wildman–Crippen MR) is 69.8 cm³/mol. The molecule has 2 rings (SSSR count). The minimum atomic E-state index is -0.852. The lowest BCUT2D eigenvalue weighted by Gasteiger charge is -2.23. The largest absolute Gasteiger partial charge is 0.467 e. The van der Waals surface area contributed by atoms with Gasteiger partial charge in [0.25, 0.3) is 0 Å². The molecular weight excluding hydrogens is 250 g/mol. The molecule has 0 fully saturated rings. The smallest absolute Gasteiger partial charge is 0.160 e. The molecule has 19 heavy (non-hydrogen) atoms. The minimum Gasteiger partial charge on any atom is -0.467 e. The summed E-state index contributed by atoms with van der Waals surface area (Å²) >= 11 is 0. The normalized spacial score (nSPS) is 10.7. The van der Waals surface area contributed by atoms with Crippen molar-refractivity contribution in [3.8, 4) is 0 Å². The molecule has 0 unspecified atom stereocenters. The molecule has 0 saturated carbocycles. The molecule has 0 radical (unpaired) electrons.